The van der Waals surface area contributed by atoms with Gasteiger partial charge in [0.25, 0.3) is 0 Å². The second kappa shape index (κ2) is 11.4. The van der Waals surface area contributed by atoms with Crippen LogP contribution in [-0.4, -0.2) is 48.9 Å². The first-order valence-corrected chi connectivity index (χ1v) is 14.0. The SMILES string of the molecule is C[C@@H]1CCC[C@H](N2CCC(c3c(F)ccc(Cl)c3F)=CC2=O)c2cc(ccn2)-c2cc(-c3nn[nH]n3)ccc2NC1=O. The number of aromatic nitrogens is 5. The lowest BCUT2D eigenvalue weighted by Crippen LogP contribution is -2.38. The first-order valence-electron chi connectivity index (χ1n) is 13.6. The van der Waals surface area contributed by atoms with Crippen molar-refractivity contribution < 1.29 is 18.4 Å². The van der Waals surface area contributed by atoms with Gasteiger partial charge in [0.05, 0.1) is 22.3 Å². The third kappa shape index (κ3) is 5.27. The number of benzene rings is 2. The molecule has 2 N–H and O–H groups in total. The maximum absolute atomic E-state index is 14.7. The molecule has 0 aliphatic carbocycles. The third-order valence-corrected chi connectivity index (χ3v) is 8.11. The van der Waals surface area contributed by atoms with Gasteiger partial charge in [-0.3, -0.25) is 14.6 Å². The van der Waals surface area contributed by atoms with Gasteiger partial charge in [0.2, 0.25) is 17.6 Å². The van der Waals surface area contributed by atoms with Crippen molar-refractivity contribution >= 4 is 34.7 Å². The molecule has 0 unspecified atom stereocenters. The number of H-pyrrole nitrogens is 1. The summed E-state index contributed by atoms with van der Waals surface area (Å²) in [4.78, 5) is 32.9. The van der Waals surface area contributed by atoms with Crippen molar-refractivity contribution in [3.8, 4) is 22.5 Å². The minimum atomic E-state index is -0.879. The van der Waals surface area contributed by atoms with E-state index in [0.29, 0.717) is 42.0 Å². The zero-order chi connectivity index (χ0) is 29.4. The Hall–Kier alpha value is -4.51. The Morgan fingerprint density at radius 2 is 1.90 bits per heavy atom. The Kier molecular flexibility index (Phi) is 7.51. The number of nitrogens with one attached hydrogen (secondary N) is 2. The van der Waals surface area contributed by atoms with Crippen molar-refractivity contribution in [1.29, 1.82) is 0 Å². The highest BCUT2D eigenvalue weighted by atomic mass is 35.5. The van der Waals surface area contributed by atoms with Gasteiger partial charge >= 0.3 is 0 Å². The summed E-state index contributed by atoms with van der Waals surface area (Å²) in [6, 6.07) is 11.1. The molecule has 0 saturated heterocycles. The Balaban J connectivity index is 1.40. The van der Waals surface area contributed by atoms with Crippen molar-refractivity contribution in [3.05, 3.63) is 82.7 Å². The van der Waals surface area contributed by atoms with E-state index in [9.17, 15) is 18.4 Å². The number of tetrazole rings is 1. The van der Waals surface area contributed by atoms with E-state index in [1.54, 1.807) is 11.1 Å². The lowest BCUT2D eigenvalue weighted by atomic mass is 9.92. The molecule has 2 bridgehead atoms. The molecule has 0 fully saturated rings. The van der Waals surface area contributed by atoms with Crippen LogP contribution >= 0.6 is 11.6 Å². The summed E-state index contributed by atoms with van der Waals surface area (Å²) in [5.74, 6) is -2.00. The van der Waals surface area contributed by atoms with Crippen LogP contribution in [0.3, 0.4) is 0 Å². The molecule has 42 heavy (non-hydrogen) atoms. The Labute approximate surface area is 245 Å². The number of fused-ring (bicyclic) bond motifs is 4. The van der Waals surface area contributed by atoms with Crippen molar-refractivity contribution in [3.63, 3.8) is 0 Å². The Morgan fingerprint density at radius 3 is 2.69 bits per heavy atom. The fourth-order valence-electron chi connectivity index (χ4n) is 5.56. The zero-order valence-corrected chi connectivity index (χ0v) is 23.3. The molecule has 6 rings (SSSR count). The molecule has 0 radical (unpaired) electrons. The number of hydrogen-bond donors (Lipinski definition) is 2. The van der Waals surface area contributed by atoms with E-state index in [-0.39, 0.29) is 46.9 Å². The Bertz CT molecular complexity index is 1710. The largest absolute Gasteiger partial charge is 0.330 e. The van der Waals surface area contributed by atoms with E-state index < -0.39 is 17.7 Å². The van der Waals surface area contributed by atoms with Gasteiger partial charge in [0.15, 0.2) is 5.82 Å². The van der Waals surface area contributed by atoms with E-state index in [4.69, 9.17) is 11.6 Å². The number of halogens is 3. The van der Waals surface area contributed by atoms with Crippen LogP contribution in [0.15, 0.2) is 54.7 Å². The van der Waals surface area contributed by atoms with Crippen molar-refractivity contribution in [2.24, 2.45) is 5.92 Å². The molecule has 2 aliphatic heterocycles. The van der Waals surface area contributed by atoms with Gasteiger partial charge in [-0.2, -0.15) is 5.21 Å². The van der Waals surface area contributed by atoms with Gasteiger partial charge < -0.3 is 10.2 Å². The summed E-state index contributed by atoms with van der Waals surface area (Å²) in [5.41, 5.74) is 3.51. The van der Waals surface area contributed by atoms with Crippen LogP contribution in [0, 0.1) is 17.6 Å². The monoisotopic (exact) mass is 589 g/mol. The summed E-state index contributed by atoms with van der Waals surface area (Å²) < 4.78 is 29.3. The fraction of sp³-hybridized carbons (Fsp3) is 0.267. The molecule has 2 amide bonds. The molecule has 2 aromatic carbocycles. The summed E-state index contributed by atoms with van der Waals surface area (Å²) in [6.07, 6.45) is 5.01. The normalized spacial score (nSPS) is 19.3. The number of nitrogens with zero attached hydrogens (tertiary/aromatic N) is 5. The minimum absolute atomic E-state index is 0.109. The van der Waals surface area contributed by atoms with Crippen LogP contribution in [0.5, 0.6) is 0 Å². The van der Waals surface area contributed by atoms with Crippen molar-refractivity contribution in [2.75, 3.05) is 11.9 Å². The van der Waals surface area contributed by atoms with Crippen LogP contribution in [0.4, 0.5) is 14.5 Å². The molecule has 9 nitrogen and oxygen atoms in total. The summed E-state index contributed by atoms with van der Waals surface area (Å²) >= 11 is 5.90. The van der Waals surface area contributed by atoms with E-state index in [1.807, 2.05) is 37.3 Å². The molecular formula is C30H26ClF2N7O2. The molecule has 0 saturated carbocycles. The molecule has 2 atom stereocenters. The highest BCUT2D eigenvalue weighted by molar-refractivity contribution is 6.31. The number of amides is 2. The van der Waals surface area contributed by atoms with Gasteiger partial charge in [-0.15, -0.1) is 10.2 Å². The maximum Gasteiger partial charge on any atom is 0.247 e. The summed E-state index contributed by atoms with van der Waals surface area (Å²) in [5, 5.41) is 17.1. The van der Waals surface area contributed by atoms with Crippen LogP contribution in [0.2, 0.25) is 5.02 Å². The predicted molar refractivity (Wildman–Crippen MR) is 153 cm³/mol. The average molecular weight is 590 g/mol. The average Bonchev–Trinajstić information content (AvgIpc) is 3.53. The van der Waals surface area contributed by atoms with Gasteiger partial charge in [-0.05, 0) is 78.1 Å². The number of pyridine rings is 1. The van der Waals surface area contributed by atoms with E-state index in [2.05, 4.69) is 30.9 Å². The van der Waals surface area contributed by atoms with Crippen molar-refractivity contribution in [1.82, 2.24) is 30.5 Å². The second-order valence-corrected chi connectivity index (χ2v) is 10.9. The van der Waals surface area contributed by atoms with Gasteiger partial charge in [-0.25, -0.2) is 8.78 Å². The lowest BCUT2D eigenvalue weighted by Gasteiger charge is -2.34. The highest BCUT2D eigenvalue weighted by Gasteiger charge is 2.31. The van der Waals surface area contributed by atoms with Gasteiger partial charge in [-0.1, -0.05) is 24.9 Å². The number of hydrogen-bond acceptors (Lipinski definition) is 6. The number of anilines is 1. The van der Waals surface area contributed by atoms with Crippen LogP contribution < -0.4 is 5.32 Å². The molecule has 4 aromatic rings. The molecule has 12 heteroatoms. The maximum atomic E-state index is 14.7. The molecule has 2 aliphatic rings. The lowest BCUT2D eigenvalue weighted by molar-refractivity contribution is -0.129. The van der Waals surface area contributed by atoms with Crippen LogP contribution in [-0.2, 0) is 9.59 Å². The predicted octanol–water partition coefficient (Wildman–Crippen LogP) is 5.98. The van der Waals surface area contributed by atoms with E-state index in [0.717, 1.165) is 23.3 Å². The number of rotatable bonds is 3. The summed E-state index contributed by atoms with van der Waals surface area (Å²) in [6.45, 7) is 2.11. The standard InChI is InChI=1S/C30H26ClF2N7O2/c1-16-3-2-4-25(40-12-10-18(15-26(40)41)27-22(32)7-6-21(31)28(27)33)24-14-17(9-11-34-24)20-13-19(29-36-38-39-37-29)5-8-23(20)35-30(16)42/h5-9,11,13-16,25H,2-4,10,12H2,1H3,(H,35,42)(H,36,37,38,39)/t16-,25+/m1/s1. The zero-order valence-electron chi connectivity index (χ0n) is 22.6. The van der Waals surface area contributed by atoms with Crippen molar-refractivity contribution in [2.45, 2.75) is 38.6 Å². The second-order valence-electron chi connectivity index (χ2n) is 10.5. The quantitative estimate of drug-likeness (QED) is 0.284. The topological polar surface area (TPSA) is 117 Å². The van der Waals surface area contributed by atoms with Crippen LogP contribution in [0.1, 0.15) is 49.9 Å². The first-order chi connectivity index (χ1) is 20.3. The van der Waals surface area contributed by atoms with Crippen LogP contribution in [0.25, 0.3) is 28.1 Å². The first kappa shape index (κ1) is 27.6. The number of carbonyl (C=O) groups excluding carboxylic acids is 2. The van der Waals surface area contributed by atoms with E-state index >= 15 is 0 Å². The molecular weight excluding hydrogens is 564 g/mol. The summed E-state index contributed by atoms with van der Waals surface area (Å²) in [7, 11) is 0. The van der Waals surface area contributed by atoms with Gasteiger partial charge in [0.1, 0.15) is 5.82 Å². The minimum Gasteiger partial charge on any atom is -0.330 e. The van der Waals surface area contributed by atoms with Gasteiger partial charge in [0, 0.05) is 41.5 Å². The highest BCUT2D eigenvalue weighted by Crippen LogP contribution is 2.38. The third-order valence-electron chi connectivity index (χ3n) is 7.82. The molecule has 4 heterocycles. The molecule has 0 spiro atoms. The molecule has 2 aromatic heterocycles. The fourth-order valence-corrected chi connectivity index (χ4v) is 5.72. The smallest absolute Gasteiger partial charge is 0.247 e. The molecule has 214 valence electrons. The number of aromatic amines is 1. The van der Waals surface area contributed by atoms with E-state index in [1.165, 1.54) is 6.08 Å². The number of carbonyl (C=O) groups is 2. The Morgan fingerprint density at radius 1 is 1.05 bits per heavy atom.